The van der Waals surface area contributed by atoms with Crippen LogP contribution in [0.5, 0.6) is 0 Å². The van der Waals surface area contributed by atoms with Crippen molar-refractivity contribution in [2.45, 2.75) is 0 Å². The van der Waals surface area contributed by atoms with E-state index in [4.69, 9.17) is 16.7 Å². The quantitative estimate of drug-likeness (QED) is 0.903. The number of nitrogens with one attached hydrogen (secondary N) is 1. The molecule has 1 aromatic heterocycles. The highest BCUT2D eigenvalue weighted by molar-refractivity contribution is 6.33. The molecule has 2 N–H and O–H groups in total. The largest absolute Gasteiger partial charge is 0.478 e. The maximum absolute atomic E-state index is 11.9. The standard InChI is InChI=1S/C13H9ClN2O3/c14-10-2-1-7-15-11(10)16-12(17)8-3-5-9(6-4-8)13(18)19/h1-7H,(H,18,19)(H,15,16,17). The number of carboxylic acids is 1. The van der Waals surface area contributed by atoms with Gasteiger partial charge in [-0.2, -0.15) is 0 Å². The molecule has 0 aliphatic heterocycles. The fraction of sp³-hybridized carbons (Fsp3) is 0. The van der Waals surface area contributed by atoms with Crippen LogP contribution in [0.2, 0.25) is 5.02 Å². The molecule has 5 nitrogen and oxygen atoms in total. The van der Waals surface area contributed by atoms with Crippen LogP contribution in [-0.2, 0) is 0 Å². The number of aromatic carboxylic acids is 1. The zero-order valence-corrected chi connectivity index (χ0v) is 10.4. The van der Waals surface area contributed by atoms with Crippen molar-refractivity contribution in [3.63, 3.8) is 0 Å². The molecule has 0 saturated heterocycles. The molecule has 0 aliphatic rings. The first-order valence-electron chi connectivity index (χ1n) is 5.33. The first-order valence-corrected chi connectivity index (χ1v) is 5.71. The molecule has 0 fully saturated rings. The first kappa shape index (κ1) is 13.0. The fourth-order valence-corrected chi connectivity index (χ4v) is 1.59. The Labute approximate surface area is 113 Å². The van der Waals surface area contributed by atoms with E-state index in [9.17, 15) is 9.59 Å². The third-order valence-electron chi connectivity index (χ3n) is 2.38. The van der Waals surface area contributed by atoms with Crippen molar-refractivity contribution in [1.29, 1.82) is 0 Å². The Morgan fingerprint density at radius 2 is 1.74 bits per heavy atom. The van der Waals surface area contributed by atoms with Gasteiger partial charge in [-0.15, -0.1) is 0 Å². The Balaban J connectivity index is 2.16. The van der Waals surface area contributed by atoms with Gasteiger partial charge in [0.15, 0.2) is 5.82 Å². The minimum Gasteiger partial charge on any atom is -0.478 e. The van der Waals surface area contributed by atoms with Crippen molar-refractivity contribution < 1.29 is 14.7 Å². The number of pyridine rings is 1. The number of hydrogen-bond donors (Lipinski definition) is 2. The Hall–Kier alpha value is -2.40. The number of halogens is 1. The lowest BCUT2D eigenvalue weighted by Crippen LogP contribution is -2.13. The molecular weight excluding hydrogens is 268 g/mol. The number of hydrogen-bond acceptors (Lipinski definition) is 3. The zero-order valence-electron chi connectivity index (χ0n) is 9.63. The molecule has 0 saturated carbocycles. The molecule has 0 bridgehead atoms. The summed E-state index contributed by atoms with van der Waals surface area (Å²) in [7, 11) is 0. The predicted molar refractivity (Wildman–Crippen MR) is 70.6 cm³/mol. The number of carbonyl (C=O) groups is 2. The highest BCUT2D eigenvalue weighted by atomic mass is 35.5. The number of nitrogens with zero attached hydrogens (tertiary/aromatic N) is 1. The monoisotopic (exact) mass is 276 g/mol. The van der Waals surface area contributed by atoms with E-state index in [1.165, 1.54) is 30.5 Å². The third-order valence-corrected chi connectivity index (χ3v) is 2.69. The van der Waals surface area contributed by atoms with Gasteiger partial charge in [0, 0.05) is 11.8 Å². The molecule has 2 aromatic rings. The smallest absolute Gasteiger partial charge is 0.335 e. The molecule has 0 spiro atoms. The van der Waals surface area contributed by atoms with E-state index >= 15 is 0 Å². The average molecular weight is 277 g/mol. The molecule has 0 radical (unpaired) electrons. The van der Waals surface area contributed by atoms with E-state index in [0.717, 1.165) is 0 Å². The van der Waals surface area contributed by atoms with Crippen molar-refractivity contribution in [1.82, 2.24) is 4.98 Å². The second kappa shape index (κ2) is 5.49. The minimum atomic E-state index is -1.04. The van der Waals surface area contributed by atoms with Crippen molar-refractivity contribution >= 4 is 29.3 Å². The number of benzene rings is 1. The molecule has 19 heavy (non-hydrogen) atoms. The van der Waals surface area contributed by atoms with Gasteiger partial charge in [0.1, 0.15) is 0 Å². The average Bonchev–Trinajstić information content (AvgIpc) is 2.41. The summed E-state index contributed by atoms with van der Waals surface area (Å²) in [5.41, 5.74) is 0.444. The SMILES string of the molecule is O=C(O)c1ccc(C(=O)Nc2ncccc2Cl)cc1. The number of carbonyl (C=O) groups excluding carboxylic acids is 1. The van der Waals surface area contributed by atoms with Crippen LogP contribution in [-0.4, -0.2) is 22.0 Å². The molecule has 2 rings (SSSR count). The van der Waals surface area contributed by atoms with E-state index in [1.807, 2.05) is 0 Å². The van der Waals surface area contributed by atoms with Gasteiger partial charge in [-0.05, 0) is 36.4 Å². The van der Waals surface area contributed by atoms with Gasteiger partial charge in [-0.3, -0.25) is 4.79 Å². The number of rotatable bonds is 3. The summed E-state index contributed by atoms with van der Waals surface area (Å²) in [5.74, 6) is -1.19. The van der Waals surface area contributed by atoms with Crippen LogP contribution < -0.4 is 5.32 Å². The van der Waals surface area contributed by atoms with Crippen LogP contribution >= 0.6 is 11.6 Å². The summed E-state index contributed by atoms with van der Waals surface area (Å²) >= 11 is 5.87. The number of carboxylic acid groups (broad SMARTS) is 1. The topological polar surface area (TPSA) is 79.3 Å². The van der Waals surface area contributed by atoms with Gasteiger partial charge < -0.3 is 10.4 Å². The fourth-order valence-electron chi connectivity index (χ4n) is 1.42. The molecule has 6 heteroatoms. The summed E-state index contributed by atoms with van der Waals surface area (Å²) in [4.78, 5) is 26.5. The lowest BCUT2D eigenvalue weighted by Gasteiger charge is -2.05. The van der Waals surface area contributed by atoms with Crippen molar-refractivity contribution in [3.05, 3.63) is 58.7 Å². The zero-order chi connectivity index (χ0) is 13.8. The first-order chi connectivity index (χ1) is 9.08. The van der Waals surface area contributed by atoms with Crippen LogP contribution in [0.4, 0.5) is 5.82 Å². The predicted octanol–water partition coefficient (Wildman–Crippen LogP) is 2.69. The molecule has 96 valence electrons. The summed E-state index contributed by atoms with van der Waals surface area (Å²) in [6, 6.07) is 8.83. The Morgan fingerprint density at radius 1 is 1.11 bits per heavy atom. The van der Waals surface area contributed by atoms with Crippen LogP contribution in [0.25, 0.3) is 0 Å². The van der Waals surface area contributed by atoms with Gasteiger partial charge in [-0.25, -0.2) is 9.78 Å². The Kier molecular flexibility index (Phi) is 3.77. The maximum atomic E-state index is 11.9. The normalized spacial score (nSPS) is 9.95. The van der Waals surface area contributed by atoms with Gasteiger partial charge in [0.05, 0.1) is 10.6 Å². The molecule has 1 heterocycles. The summed E-state index contributed by atoms with van der Waals surface area (Å²) < 4.78 is 0. The molecule has 1 amide bonds. The number of anilines is 1. The molecule has 0 unspecified atom stereocenters. The third kappa shape index (κ3) is 3.08. The highest BCUT2D eigenvalue weighted by Gasteiger charge is 2.10. The second-order valence-electron chi connectivity index (χ2n) is 3.67. The maximum Gasteiger partial charge on any atom is 0.335 e. The molecule has 1 aromatic carbocycles. The highest BCUT2D eigenvalue weighted by Crippen LogP contribution is 2.18. The van der Waals surface area contributed by atoms with Gasteiger partial charge in [-0.1, -0.05) is 11.6 Å². The van der Waals surface area contributed by atoms with Crippen LogP contribution in [0, 0.1) is 0 Å². The summed E-state index contributed by atoms with van der Waals surface area (Å²) in [5, 5.41) is 11.6. The second-order valence-corrected chi connectivity index (χ2v) is 4.08. The number of aromatic nitrogens is 1. The van der Waals surface area contributed by atoms with Crippen molar-refractivity contribution in [3.8, 4) is 0 Å². The lowest BCUT2D eigenvalue weighted by molar-refractivity contribution is 0.0696. The summed E-state index contributed by atoms with van der Waals surface area (Å²) in [6.07, 6.45) is 1.51. The Bertz CT molecular complexity index is 626. The molecule has 0 atom stereocenters. The minimum absolute atomic E-state index is 0.118. The van der Waals surface area contributed by atoms with Gasteiger partial charge in [0.25, 0.3) is 5.91 Å². The van der Waals surface area contributed by atoms with Crippen LogP contribution in [0.15, 0.2) is 42.6 Å². The van der Waals surface area contributed by atoms with Crippen molar-refractivity contribution in [2.24, 2.45) is 0 Å². The van der Waals surface area contributed by atoms with Gasteiger partial charge >= 0.3 is 5.97 Å². The van der Waals surface area contributed by atoms with Crippen LogP contribution in [0.3, 0.4) is 0 Å². The molecular formula is C13H9ClN2O3. The lowest BCUT2D eigenvalue weighted by atomic mass is 10.1. The Morgan fingerprint density at radius 3 is 2.32 bits per heavy atom. The van der Waals surface area contributed by atoms with E-state index in [-0.39, 0.29) is 11.4 Å². The van der Waals surface area contributed by atoms with Gasteiger partial charge in [0.2, 0.25) is 0 Å². The van der Waals surface area contributed by atoms with E-state index in [2.05, 4.69) is 10.3 Å². The molecule has 0 aliphatic carbocycles. The van der Waals surface area contributed by atoms with E-state index < -0.39 is 11.9 Å². The van der Waals surface area contributed by atoms with Crippen molar-refractivity contribution in [2.75, 3.05) is 5.32 Å². The van der Waals surface area contributed by atoms with E-state index in [1.54, 1.807) is 12.1 Å². The van der Waals surface area contributed by atoms with E-state index in [0.29, 0.717) is 10.6 Å². The van der Waals surface area contributed by atoms with Crippen LogP contribution in [0.1, 0.15) is 20.7 Å². The summed E-state index contributed by atoms with van der Waals surface area (Å²) in [6.45, 7) is 0. The number of amides is 1.